The van der Waals surface area contributed by atoms with Gasteiger partial charge in [0.05, 0.1) is 5.54 Å². The third kappa shape index (κ3) is 7.51. The number of halogens is 2. The molecule has 75 heavy (non-hydrogen) atoms. The van der Waals surface area contributed by atoms with Gasteiger partial charge in [0.25, 0.3) is 11.8 Å². The zero-order chi connectivity index (χ0) is 53.6. The van der Waals surface area contributed by atoms with Crippen molar-refractivity contribution in [3.8, 4) is 0 Å². The molecule has 6 unspecified atom stereocenters. The van der Waals surface area contributed by atoms with Crippen LogP contribution in [0.25, 0.3) is 0 Å². The van der Waals surface area contributed by atoms with Gasteiger partial charge in [-0.05, 0) is 122 Å². The SMILES string of the molecule is CC1CC(C2CCCN2[C@@]2(C(=O)NC(=O)O)c3ccc(cc3)C2(C)CC(N)=O)N(C)[C@@]1(c1cc(F)c(N2CCC(c3ccccc3)CC2)c(F)c1)C1CCCN1[C@@]1(C(=O)NC(=O)O)c2ccc(cc2)C1(C)CC(N)=O. The highest BCUT2D eigenvalue weighted by Crippen LogP contribution is 2.62. The number of primary amides is 2. The number of nitrogens with zero attached hydrogens (tertiary/aromatic N) is 4. The average Bonchev–Trinajstić information content (AvgIpc) is 4.11. The standard InChI is InChI=1S/C57H66F2N8O8/c1-33-28-44(43-12-8-24-66(43)56(49(70)62-51(72)73)38-18-14-36(15-19-38)53(56,2)31-46(60)68)64(4)55(33,40-29-41(58)48(42(59)30-40)65-26-22-35(23-27-65)34-10-6-5-7-11-34)45-13-9-25-67(45)57(50(71)63-52(74)75)39-20-16-37(17-21-39)54(57,3)32-47(61)69/h5-7,10-11,14-21,29-30,33,35,43-45H,8-9,12-13,22-28,31-32H2,1-4H3,(H2,60,68)(H2,61,69)(H,62,70)(H,63,71)(H,72,73)(H,74,75)/t33?,43?,44?,45?,53?,54?,55-,56+,57+/m0/s1. The van der Waals surface area contributed by atoms with Gasteiger partial charge in [0.2, 0.25) is 11.8 Å². The summed E-state index contributed by atoms with van der Waals surface area (Å²) < 4.78 is 35.2. The van der Waals surface area contributed by atoms with Crippen LogP contribution in [0.1, 0.15) is 118 Å². The Morgan fingerprint density at radius 1 is 0.627 bits per heavy atom. The molecule has 4 bridgehead atoms. The van der Waals surface area contributed by atoms with Gasteiger partial charge in [0.1, 0.15) is 28.4 Å². The van der Waals surface area contributed by atoms with Crippen LogP contribution in [0.15, 0.2) is 91.0 Å². The van der Waals surface area contributed by atoms with E-state index in [4.69, 9.17) is 11.5 Å². The van der Waals surface area contributed by atoms with Gasteiger partial charge in [0, 0.05) is 54.9 Å². The second-order valence-electron chi connectivity index (χ2n) is 22.4. The molecule has 4 aromatic rings. The number of rotatable bonds is 13. The van der Waals surface area contributed by atoms with Crippen LogP contribution in [-0.2, 0) is 46.6 Å². The lowest BCUT2D eigenvalue weighted by Gasteiger charge is -2.60. The number of carbonyl (C=O) groups excluding carboxylic acids is 4. The van der Waals surface area contributed by atoms with Crippen LogP contribution in [0.4, 0.5) is 24.1 Å². The van der Waals surface area contributed by atoms with Crippen LogP contribution in [0.5, 0.6) is 0 Å². The topological polar surface area (TPSA) is 232 Å². The Hall–Kier alpha value is -6.76. The van der Waals surface area contributed by atoms with Crippen molar-refractivity contribution in [3.05, 3.63) is 136 Å². The second-order valence-corrected chi connectivity index (χ2v) is 22.4. The Kier molecular flexibility index (Phi) is 13.0. The van der Waals surface area contributed by atoms with Crippen molar-refractivity contribution in [3.63, 3.8) is 0 Å². The van der Waals surface area contributed by atoms with E-state index >= 15 is 18.4 Å². The van der Waals surface area contributed by atoms with Crippen LogP contribution in [0.2, 0.25) is 0 Å². The summed E-state index contributed by atoms with van der Waals surface area (Å²) in [5.41, 5.74) is 7.65. The lowest BCUT2D eigenvalue weighted by atomic mass is 9.55. The number of amides is 6. The number of hydrogen-bond acceptors (Lipinski definition) is 10. The number of piperidine rings is 1. The molecule has 4 aliphatic carbocycles. The van der Waals surface area contributed by atoms with Gasteiger partial charge in [-0.3, -0.25) is 44.5 Å². The third-order valence-electron chi connectivity index (χ3n) is 19.0. The third-order valence-corrected chi connectivity index (χ3v) is 19.0. The molecule has 4 heterocycles. The maximum atomic E-state index is 17.6. The van der Waals surface area contributed by atoms with Gasteiger partial charge in [0.15, 0.2) is 0 Å². The average molecular weight is 1030 g/mol. The number of hydrogen-bond donors (Lipinski definition) is 6. The van der Waals surface area contributed by atoms with E-state index in [2.05, 4.69) is 27.7 Å². The van der Waals surface area contributed by atoms with Crippen molar-refractivity contribution in [2.75, 3.05) is 38.1 Å². The van der Waals surface area contributed by atoms with Crippen molar-refractivity contribution in [2.24, 2.45) is 17.4 Å². The number of carbonyl (C=O) groups is 6. The normalized spacial score (nSPS) is 31.7. The summed E-state index contributed by atoms with van der Waals surface area (Å²) in [6.45, 7) is 6.86. The van der Waals surface area contributed by atoms with E-state index in [9.17, 15) is 29.4 Å². The fourth-order valence-electron chi connectivity index (χ4n) is 16.2. The van der Waals surface area contributed by atoms with Gasteiger partial charge < -0.3 is 26.6 Å². The number of benzene rings is 4. The van der Waals surface area contributed by atoms with Gasteiger partial charge in [-0.25, -0.2) is 18.4 Å². The zero-order valence-electron chi connectivity index (χ0n) is 42.8. The van der Waals surface area contributed by atoms with E-state index in [1.807, 2.05) is 54.1 Å². The van der Waals surface area contributed by atoms with E-state index in [1.54, 1.807) is 55.1 Å². The van der Waals surface area contributed by atoms with E-state index in [1.165, 1.54) is 17.7 Å². The van der Waals surface area contributed by atoms with Crippen LogP contribution in [0.3, 0.4) is 0 Å². The first-order valence-corrected chi connectivity index (χ1v) is 26.1. The highest BCUT2D eigenvalue weighted by atomic mass is 19.1. The van der Waals surface area contributed by atoms with Crippen molar-refractivity contribution >= 4 is 41.5 Å². The first-order valence-electron chi connectivity index (χ1n) is 26.1. The minimum Gasteiger partial charge on any atom is -0.465 e. The minimum absolute atomic E-state index is 0.142. The summed E-state index contributed by atoms with van der Waals surface area (Å²) in [6.07, 6.45) is -0.167. The molecule has 4 fully saturated rings. The minimum atomic E-state index is -1.88. The Morgan fingerprint density at radius 2 is 1.09 bits per heavy atom. The molecule has 18 heteroatoms. The van der Waals surface area contributed by atoms with Gasteiger partial charge >= 0.3 is 12.2 Å². The molecule has 8 N–H and O–H groups in total. The molecule has 4 aromatic carbocycles. The molecule has 0 aromatic heterocycles. The Morgan fingerprint density at radius 3 is 1.59 bits per heavy atom. The van der Waals surface area contributed by atoms with E-state index in [-0.39, 0.29) is 31.0 Å². The van der Waals surface area contributed by atoms with Crippen LogP contribution >= 0.6 is 0 Å². The number of fused-ring (bicyclic) bond motifs is 6. The first kappa shape index (κ1) is 51.7. The summed E-state index contributed by atoms with van der Waals surface area (Å²) in [7, 11) is 1.89. The molecule has 16 nitrogen and oxygen atoms in total. The Balaban J connectivity index is 1.15. The molecule has 0 saturated carbocycles. The molecule has 0 spiro atoms. The number of nitrogens with two attached hydrogens (primary N) is 2. The fraction of sp³-hybridized carbons (Fsp3) is 0.474. The molecule has 8 aliphatic rings. The van der Waals surface area contributed by atoms with Crippen molar-refractivity contribution in [2.45, 2.75) is 130 Å². The molecule has 396 valence electrons. The zero-order valence-corrected chi connectivity index (χ0v) is 42.8. The van der Waals surface area contributed by atoms with Crippen molar-refractivity contribution < 1.29 is 47.8 Å². The highest BCUT2D eigenvalue weighted by molar-refractivity contribution is 6.01. The highest BCUT2D eigenvalue weighted by Gasteiger charge is 2.70. The molecule has 4 saturated heterocycles. The summed E-state index contributed by atoms with van der Waals surface area (Å²) >= 11 is 0. The number of nitrogens with one attached hydrogen (secondary N) is 2. The lowest BCUT2D eigenvalue weighted by Crippen LogP contribution is -2.73. The van der Waals surface area contributed by atoms with Crippen LogP contribution in [0, 0.1) is 17.6 Å². The predicted molar refractivity (Wildman–Crippen MR) is 274 cm³/mol. The van der Waals surface area contributed by atoms with E-state index in [0.29, 0.717) is 92.4 Å². The quantitative estimate of drug-likeness (QED) is 0.0845. The maximum Gasteiger partial charge on any atom is 0.411 e. The van der Waals surface area contributed by atoms with Gasteiger partial charge in [-0.1, -0.05) is 99.6 Å². The van der Waals surface area contributed by atoms with Crippen molar-refractivity contribution in [1.82, 2.24) is 25.3 Å². The summed E-state index contributed by atoms with van der Waals surface area (Å²) in [5, 5.41) is 24.8. The van der Waals surface area contributed by atoms with Crippen LogP contribution in [-0.4, -0.2) is 112 Å². The molecular weight excluding hydrogens is 963 g/mol. The number of imide groups is 2. The molecule has 9 atom stereocenters. The molecular formula is C57H66F2N8O8. The van der Waals surface area contributed by atoms with Gasteiger partial charge in [-0.15, -0.1) is 0 Å². The van der Waals surface area contributed by atoms with Gasteiger partial charge in [-0.2, -0.15) is 0 Å². The molecule has 12 rings (SSSR count). The Bertz CT molecular complexity index is 2940. The number of likely N-dealkylation sites (N-methyl/N-ethyl adjacent to an activating group) is 1. The summed E-state index contributed by atoms with van der Waals surface area (Å²) in [4.78, 5) is 89.8. The number of carboxylic acid groups (broad SMARTS) is 2. The molecule has 0 radical (unpaired) electrons. The summed E-state index contributed by atoms with van der Waals surface area (Å²) in [5.74, 6) is -4.94. The largest absolute Gasteiger partial charge is 0.465 e. The fourth-order valence-corrected chi connectivity index (χ4v) is 16.2. The van der Waals surface area contributed by atoms with E-state index < -0.39 is 98.9 Å². The Labute approximate surface area is 434 Å². The summed E-state index contributed by atoms with van der Waals surface area (Å²) in [6, 6.07) is 25.3. The second kappa shape index (κ2) is 18.8. The smallest absolute Gasteiger partial charge is 0.411 e. The predicted octanol–water partition coefficient (Wildman–Crippen LogP) is 6.49. The number of anilines is 1. The first-order chi connectivity index (χ1) is 35.7. The molecule has 6 amide bonds. The monoisotopic (exact) mass is 1030 g/mol. The van der Waals surface area contributed by atoms with Crippen molar-refractivity contribution in [1.29, 1.82) is 0 Å². The van der Waals surface area contributed by atoms with E-state index in [0.717, 1.165) is 0 Å². The van der Waals surface area contributed by atoms with Crippen LogP contribution < -0.4 is 27.0 Å². The number of likely N-dealkylation sites (tertiary alicyclic amines) is 3. The lowest BCUT2D eigenvalue weighted by molar-refractivity contribution is -0.148. The maximum absolute atomic E-state index is 17.6. The molecule has 4 aliphatic heterocycles.